The van der Waals surface area contributed by atoms with Crippen molar-refractivity contribution >= 4 is 34.7 Å². The van der Waals surface area contributed by atoms with Crippen LogP contribution in [0.15, 0.2) is 36.5 Å². The molecule has 0 unspecified atom stereocenters. The van der Waals surface area contributed by atoms with Gasteiger partial charge in [-0.3, -0.25) is 9.59 Å². The highest BCUT2D eigenvalue weighted by molar-refractivity contribution is 5.98. The summed E-state index contributed by atoms with van der Waals surface area (Å²) in [5.41, 5.74) is 8.55. The second kappa shape index (κ2) is 10.1. The minimum Gasteiger partial charge on any atom is -0.393 e. The Morgan fingerprint density at radius 2 is 1.73 bits per heavy atom. The summed E-state index contributed by atoms with van der Waals surface area (Å²) >= 11 is 0. The third-order valence-corrected chi connectivity index (χ3v) is 6.46. The average Bonchev–Trinajstić information content (AvgIpc) is 2.81. The van der Waals surface area contributed by atoms with Gasteiger partial charge in [-0.15, -0.1) is 0 Å². The number of benzene rings is 1. The number of piperazine rings is 1. The Bertz CT molecular complexity index is 980. The minimum atomic E-state index is -0.526. The molecule has 9 nitrogen and oxygen atoms in total. The lowest BCUT2D eigenvalue weighted by Gasteiger charge is -2.35. The summed E-state index contributed by atoms with van der Waals surface area (Å²) in [6.45, 7) is 4.72. The maximum atomic E-state index is 11.9. The van der Waals surface area contributed by atoms with Crippen LogP contribution in [0.2, 0.25) is 0 Å². The van der Waals surface area contributed by atoms with Crippen LogP contribution in [0.3, 0.4) is 0 Å². The second-order valence-electron chi connectivity index (χ2n) is 8.79. The molecule has 33 heavy (non-hydrogen) atoms. The first-order valence-corrected chi connectivity index (χ1v) is 11.5. The number of carbonyl (C=O) groups is 2. The minimum absolute atomic E-state index is 0.124. The Kier molecular flexibility index (Phi) is 6.98. The Labute approximate surface area is 194 Å². The smallest absolute Gasteiger partial charge is 0.252 e. The van der Waals surface area contributed by atoms with Crippen molar-refractivity contribution in [1.82, 2.24) is 9.88 Å². The summed E-state index contributed by atoms with van der Waals surface area (Å²) in [4.78, 5) is 31.9. The van der Waals surface area contributed by atoms with E-state index < -0.39 is 5.91 Å². The van der Waals surface area contributed by atoms with Gasteiger partial charge in [-0.05, 0) is 49.9 Å². The van der Waals surface area contributed by atoms with Crippen molar-refractivity contribution in [2.24, 2.45) is 5.73 Å². The van der Waals surface area contributed by atoms with Gasteiger partial charge in [0, 0.05) is 62.8 Å². The molecule has 1 aromatic heterocycles. The van der Waals surface area contributed by atoms with E-state index >= 15 is 0 Å². The number of aliphatic hydroxyl groups is 1. The average molecular weight is 453 g/mol. The van der Waals surface area contributed by atoms with Crippen molar-refractivity contribution in [2.45, 2.75) is 44.8 Å². The van der Waals surface area contributed by atoms with Crippen molar-refractivity contribution in [3.05, 3.63) is 42.1 Å². The van der Waals surface area contributed by atoms with Crippen LogP contribution in [-0.4, -0.2) is 65.1 Å². The van der Waals surface area contributed by atoms with Gasteiger partial charge in [0.05, 0.1) is 17.4 Å². The van der Waals surface area contributed by atoms with Crippen LogP contribution in [-0.2, 0) is 4.79 Å². The molecule has 2 aromatic rings. The SMILES string of the molecule is CC(=O)N1CCN(c2ccc(Nc3cc(NC4CCC(O)CC4)c(C(N)=O)cn3)cc2)CC1. The van der Waals surface area contributed by atoms with E-state index in [2.05, 4.69) is 32.7 Å². The lowest BCUT2D eigenvalue weighted by molar-refractivity contribution is -0.129. The van der Waals surface area contributed by atoms with E-state index in [9.17, 15) is 14.7 Å². The number of primary amides is 1. The van der Waals surface area contributed by atoms with Crippen LogP contribution in [0.1, 0.15) is 43.0 Å². The Balaban J connectivity index is 1.42. The number of pyridine rings is 1. The lowest BCUT2D eigenvalue weighted by Crippen LogP contribution is -2.48. The number of nitrogens with zero attached hydrogens (tertiary/aromatic N) is 3. The molecule has 0 atom stereocenters. The number of aromatic nitrogens is 1. The van der Waals surface area contributed by atoms with Crippen LogP contribution < -0.4 is 21.3 Å². The van der Waals surface area contributed by atoms with Crippen molar-refractivity contribution < 1.29 is 14.7 Å². The van der Waals surface area contributed by atoms with Gasteiger partial charge in [-0.25, -0.2) is 4.98 Å². The number of nitrogens with one attached hydrogen (secondary N) is 2. The van der Waals surface area contributed by atoms with E-state index in [1.165, 1.54) is 6.20 Å². The van der Waals surface area contributed by atoms with Crippen LogP contribution in [0.25, 0.3) is 0 Å². The van der Waals surface area contributed by atoms with Gasteiger partial charge in [0.1, 0.15) is 5.82 Å². The summed E-state index contributed by atoms with van der Waals surface area (Å²) in [6.07, 6.45) is 4.42. The Morgan fingerprint density at radius 1 is 1.06 bits per heavy atom. The molecule has 9 heteroatoms. The maximum absolute atomic E-state index is 11.9. The first kappa shape index (κ1) is 22.8. The lowest BCUT2D eigenvalue weighted by atomic mass is 9.93. The molecule has 1 aliphatic carbocycles. The third-order valence-electron chi connectivity index (χ3n) is 6.46. The van der Waals surface area contributed by atoms with Crippen LogP contribution in [0.5, 0.6) is 0 Å². The molecule has 0 radical (unpaired) electrons. The van der Waals surface area contributed by atoms with Crippen LogP contribution in [0, 0.1) is 0 Å². The molecule has 2 amide bonds. The number of rotatable bonds is 6. The van der Waals surface area contributed by atoms with Gasteiger partial charge in [-0.2, -0.15) is 0 Å². The topological polar surface area (TPSA) is 124 Å². The molecule has 0 spiro atoms. The van der Waals surface area contributed by atoms with Crippen molar-refractivity contribution in [1.29, 1.82) is 0 Å². The largest absolute Gasteiger partial charge is 0.393 e. The van der Waals surface area contributed by atoms with E-state index in [0.29, 0.717) is 17.1 Å². The molecule has 4 rings (SSSR count). The predicted molar refractivity (Wildman–Crippen MR) is 129 cm³/mol. The Hall–Kier alpha value is -3.33. The monoisotopic (exact) mass is 452 g/mol. The molecule has 5 N–H and O–H groups in total. The molecule has 176 valence electrons. The highest BCUT2D eigenvalue weighted by atomic mass is 16.3. The number of hydrogen-bond donors (Lipinski definition) is 4. The summed E-state index contributed by atoms with van der Waals surface area (Å²) < 4.78 is 0. The summed E-state index contributed by atoms with van der Waals surface area (Å²) in [7, 11) is 0. The number of anilines is 4. The molecule has 2 heterocycles. The molecule has 1 aromatic carbocycles. The van der Waals surface area contributed by atoms with Crippen LogP contribution in [0.4, 0.5) is 22.9 Å². The van der Waals surface area contributed by atoms with Gasteiger partial charge in [-0.1, -0.05) is 0 Å². The van der Waals surface area contributed by atoms with Crippen LogP contribution >= 0.6 is 0 Å². The molecular weight excluding hydrogens is 420 g/mol. The van der Waals surface area contributed by atoms with Crippen molar-refractivity contribution in [3.63, 3.8) is 0 Å². The molecule has 2 fully saturated rings. The zero-order valence-corrected chi connectivity index (χ0v) is 19.0. The molecule has 1 saturated heterocycles. The van der Waals surface area contributed by atoms with Gasteiger partial charge < -0.3 is 31.3 Å². The molecule has 2 aliphatic rings. The van der Waals surface area contributed by atoms with Crippen molar-refractivity contribution in [2.75, 3.05) is 41.7 Å². The van der Waals surface area contributed by atoms with E-state index in [0.717, 1.165) is 63.2 Å². The van der Waals surface area contributed by atoms with Gasteiger partial charge in [0.2, 0.25) is 5.91 Å². The molecule has 0 bridgehead atoms. The normalized spacial score (nSPS) is 20.9. The first-order chi connectivity index (χ1) is 15.9. The molecule has 1 saturated carbocycles. The number of amides is 2. The molecular formula is C24H32N6O3. The standard InChI is InChI=1S/C24H32N6O3/c1-16(31)29-10-12-30(13-11-29)19-6-2-18(3-7-19)28-23-14-22(21(15-26-23)24(25)33)27-17-4-8-20(32)9-5-17/h2-3,6-7,14-15,17,20,32H,4-5,8-13H2,1H3,(H2,25,33)(H2,26,27,28). The fourth-order valence-corrected chi connectivity index (χ4v) is 4.46. The van der Waals surface area contributed by atoms with Gasteiger partial charge in [0.15, 0.2) is 0 Å². The second-order valence-corrected chi connectivity index (χ2v) is 8.79. The first-order valence-electron chi connectivity index (χ1n) is 11.5. The van der Waals surface area contributed by atoms with E-state index in [4.69, 9.17) is 5.73 Å². The highest BCUT2D eigenvalue weighted by Crippen LogP contribution is 2.27. The Morgan fingerprint density at radius 3 is 2.33 bits per heavy atom. The van der Waals surface area contributed by atoms with E-state index in [1.54, 1.807) is 13.0 Å². The zero-order chi connectivity index (χ0) is 23.4. The summed E-state index contributed by atoms with van der Waals surface area (Å²) in [5.74, 6) is 0.210. The van der Waals surface area contributed by atoms with Crippen molar-refractivity contribution in [3.8, 4) is 0 Å². The maximum Gasteiger partial charge on any atom is 0.252 e. The van der Waals surface area contributed by atoms with E-state index in [-0.39, 0.29) is 18.1 Å². The summed E-state index contributed by atoms with van der Waals surface area (Å²) in [5, 5.41) is 16.4. The fourth-order valence-electron chi connectivity index (χ4n) is 4.46. The fraction of sp³-hybridized carbons (Fsp3) is 0.458. The number of aliphatic hydroxyl groups excluding tert-OH is 1. The van der Waals surface area contributed by atoms with E-state index in [1.807, 2.05) is 17.0 Å². The number of carbonyl (C=O) groups excluding carboxylic acids is 2. The summed E-state index contributed by atoms with van der Waals surface area (Å²) in [6, 6.07) is 10.1. The number of hydrogen-bond acceptors (Lipinski definition) is 7. The number of nitrogens with two attached hydrogens (primary N) is 1. The zero-order valence-electron chi connectivity index (χ0n) is 19.0. The van der Waals surface area contributed by atoms with Gasteiger partial charge in [0.25, 0.3) is 5.91 Å². The highest BCUT2D eigenvalue weighted by Gasteiger charge is 2.21. The third kappa shape index (κ3) is 5.73. The predicted octanol–water partition coefficient (Wildman–Crippen LogP) is 2.31. The van der Waals surface area contributed by atoms with Gasteiger partial charge >= 0.3 is 0 Å². The molecule has 1 aliphatic heterocycles. The quantitative estimate of drug-likeness (QED) is 0.530.